The number of carbonyl (C=O) groups is 1. The molecule has 0 aliphatic rings. The van der Waals surface area contributed by atoms with Crippen LogP contribution in [0.4, 0.5) is 0 Å². The van der Waals surface area contributed by atoms with Gasteiger partial charge in [-0.05, 0) is 36.6 Å². The molecule has 122 valence electrons. The van der Waals surface area contributed by atoms with Crippen LogP contribution < -0.4 is 5.32 Å². The van der Waals surface area contributed by atoms with E-state index in [1.54, 1.807) is 0 Å². The van der Waals surface area contributed by atoms with E-state index in [4.69, 9.17) is 0 Å². The van der Waals surface area contributed by atoms with Crippen LogP contribution in [-0.2, 0) is 21.2 Å². The Morgan fingerprint density at radius 2 is 1.70 bits per heavy atom. The fourth-order valence-corrected chi connectivity index (χ4v) is 2.69. The Balaban J connectivity index is 2.11. The lowest BCUT2D eigenvalue weighted by atomic mass is 10.0. The predicted octanol–water partition coefficient (Wildman–Crippen LogP) is 2.71. The monoisotopic (exact) mass is 331 g/mol. The molecule has 5 heteroatoms. The summed E-state index contributed by atoms with van der Waals surface area (Å²) < 4.78 is 22.8. The first-order valence-electron chi connectivity index (χ1n) is 7.40. The molecule has 4 nitrogen and oxygen atoms in total. The number of sulfone groups is 1. The van der Waals surface area contributed by atoms with E-state index in [1.165, 1.54) is 12.5 Å². The van der Waals surface area contributed by atoms with Gasteiger partial charge in [-0.3, -0.25) is 4.79 Å². The SMILES string of the molecule is Cc1cccc(-c2cccc(CNC(=O)[C@H](C)S(C)(=O)=O)c2)c1. The van der Waals surface area contributed by atoms with Crippen LogP contribution in [0.2, 0.25) is 0 Å². The van der Waals surface area contributed by atoms with E-state index >= 15 is 0 Å². The molecule has 1 atom stereocenters. The zero-order valence-electron chi connectivity index (χ0n) is 13.5. The predicted molar refractivity (Wildman–Crippen MR) is 92.8 cm³/mol. The number of hydrogen-bond donors (Lipinski definition) is 1. The zero-order valence-corrected chi connectivity index (χ0v) is 14.4. The number of benzene rings is 2. The fourth-order valence-electron chi connectivity index (χ4n) is 2.21. The molecule has 2 aromatic carbocycles. The van der Waals surface area contributed by atoms with Crippen molar-refractivity contribution in [2.75, 3.05) is 6.26 Å². The lowest BCUT2D eigenvalue weighted by molar-refractivity contribution is -0.120. The van der Waals surface area contributed by atoms with Gasteiger partial charge >= 0.3 is 0 Å². The molecule has 1 amide bonds. The number of carbonyl (C=O) groups excluding carboxylic acids is 1. The van der Waals surface area contributed by atoms with Gasteiger partial charge in [-0.25, -0.2) is 8.42 Å². The van der Waals surface area contributed by atoms with Gasteiger partial charge < -0.3 is 5.32 Å². The fraction of sp³-hybridized carbons (Fsp3) is 0.278. The summed E-state index contributed by atoms with van der Waals surface area (Å²) in [5.74, 6) is -0.478. The zero-order chi connectivity index (χ0) is 17.0. The van der Waals surface area contributed by atoms with Crippen LogP contribution in [0.25, 0.3) is 11.1 Å². The van der Waals surface area contributed by atoms with Gasteiger partial charge in [0, 0.05) is 12.8 Å². The van der Waals surface area contributed by atoms with Gasteiger partial charge in [0.25, 0.3) is 0 Å². The number of nitrogens with one attached hydrogen (secondary N) is 1. The molecule has 0 radical (unpaired) electrons. The largest absolute Gasteiger partial charge is 0.351 e. The van der Waals surface area contributed by atoms with Crippen molar-refractivity contribution in [2.45, 2.75) is 25.6 Å². The van der Waals surface area contributed by atoms with E-state index in [9.17, 15) is 13.2 Å². The van der Waals surface area contributed by atoms with Gasteiger partial charge in [0.2, 0.25) is 5.91 Å². The Morgan fingerprint density at radius 1 is 1.09 bits per heavy atom. The highest BCUT2D eigenvalue weighted by atomic mass is 32.2. The molecule has 0 fully saturated rings. The third-order valence-electron chi connectivity index (χ3n) is 3.76. The van der Waals surface area contributed by atoms with Crippen LogP contribution in [-0.4, -0.2) is 25.8 Å². The second kappa shape index (κ2) is 6.96. The van der Waals surface area contributed by atoms with Gasteiger partial charge in [0.1, 0.15) is 5.25 Å². The van der Waals surface area contributed by atoms with Gasteiger partial charge in [0.05, 0.1) is 0 Å². The highest BCUT2D eigenvalue weighted by Crippen LogP contribution is 2.21. The van der Waals surface area contributed by atoms with Crippen molar-refractivity contribution >= 4 is 15.7 Å². The average Bonchev–Trinajstić information content (AvgIpc) is 2.51. The third-order valence-corrected chi connectivity index (χ3v) is 5.26. The molecule has 0 aliphatic carbocycles. The smallest absolute Gasteiger partial charge is 0.238 e. The molecule has 0 aromatic heterocycles. The minimum Gasteiger partial charge on any atom is -0.351 e. The summed E-state index contributed by atoms with van der Waals surface area (Å²) >= 11 is 0. The van der Waals surface area contributed by atoms with Crippen molar-refractivity contribution < 1.29 is 13.2 Å². The molecular formula is C18H21NO3S. The molecule has 1 N–H and O–H groups in total. The van der Waals surface area contributed by atoms with Crippen LogP contribution in [0, 0.1) is 6.92 Å². The van der Waals surface area contributed by atoms with Crippen molar-refractivity contribution in [1.82, 2.24) is 5.32 Å². The Kier molecular flexibility index (Phi) is 5.21. The first-order chi connectivity index (χ1) is 10.8. The molecule has 2 rings (SSSR count). The minimum absolute atomic E-state index is 0.304. The van der Waals surface area contributed by atoms with Gasteiger partial charge in [-0.15, -0.1) is 0 Å². The maximum Gasteiger partial charge on any atom is 0.238 e. The molecule has 0 aliphatic heterocycles. The highest BCUT2D eigenvalue weighted by molar-refractivity contribution is 7.92. The summed E-state index contributed by atoms with van der Waals surface area (Å²) in [4.78, 5) is 11.9. The van der Waals surface area contributed by atoms with Crippen LogP contribution in [0.15, 0.2) is 48.5 Å². The Hall–Kier alpha value is -2.14. The lowest BCUT2D eigenvalue weighted by Gasteiger charge is -2.11. The first-order valence-corrected chi connectivity index (χ1v) is 9.35. The number of rotatable bonds is 5. The second-order valence-corrected chi connectivity index (χ2v) is 8.13. The number of aryl methyl sites for hydroxylation is 1. The third kappa shape index (κ3) is 4.66. The molecular weight excluding hydrogens is 310 g/mol. The minimum atomic E-state index is -3.37. The van der Waals surface area contributed by atoms with Crippen molar-refractivity contribution in [3.05, 3.63) is 59.7 Å². The molecule has 0 bridgehead atoms. The number of amides is 1. The first kappa shape index (κ1) is 17.2. The van der Waals surface area contributed by atoms with Crippen molar-refractivity contribution in [3.8, 4) is 11.1 Å². The van der Waals surface area contributed by atoms with E-state index in [2.05, 4.69) is 11.4 Å². The lowest BCUT2D eigenvalue weighted by Crippen LogP contribution is -2.36. The topological polar surface area (TPSA) is 63.2 Å². The number of hydrogen-bond acceptors (Lipinski definition) is 3. The quantitative estimate of drug-likeness (QED) is 0.916. The average molecular weight is 331 g/mol. The van der Waals surface area contributed by atoms with E-state index in [0.29, 0.717) is 6.54 Å². The second-order valence-electron chi connectivity index (χ2n) is 5.76. The Morgan fingerprint density at radius 3 is 2.30 bits per heavy atom. The summed E-state index contributed by atoms with van der Waals surface area (Å²) in [6.45, 7) is 3.74. The molecule has 0 saturated carbocycles. The van der Waals surface area contributed by atoms with E-state index in [-0.39, 0.29) is 0 Å². The Labute approximate surface area is 137 Å². The molecule has 0 unspecified atom stereocenters. The summed E-state index contributed by atoms with van der Waals surface area (Å²) in [6, 6.07) is 16.0. The summed E-state index contributed by atoms with van der Waals surface area (Å²) in [5.41, 5.74) is 4.29. The Bertz CT molecular complexity index is 813. The molecule has 0 spiro atoms. The summed E-state index contributed by atoms with van der Waals surface area (Å²) in [6.07, 6.45) is 1.07. The van der Waals surface area contributed by atoms with Crippen molar-refractivity contribution in [2.24, 2.45) is 0 Å². The van der Waals surface area contributed by atoms with Gasteiger partial charge in [-0.2, -0.15) is 0 Å². The van der Waals surface area contributed by atoms with E-state index < -0.39 is 21.0 Å². The summed E-state index contributed by atoms with van der Waals surface area (Å²) in [5, 5.41) is 1.64. The maximum atomic E-state index is 11.9. The standard InChI is InChI=1S/C18H21NO3S/c1-13-6-4-8-16(10-13)17-9-5-7-15(11-17)12-19-18(20)14(2)23(3,21)22/h4-11,14H,12H2,1-3H3,(H,19,20)/t14-/m0/s1. The van der Waals surface area contributed by atoms with Gasteiger partial charge in [-0.1, -0.05) is 48.0 Å². The molecule has 23 heavy (non-hydrogen) atoms. The molecule has 2 aromatic rings. The van der Waals surface area contributed by atoms with Gasteiger partial charge in [0.15, 0.2) is 9.84 Å². The van der Waals surface area contributed by atoms with E-state index in [0.717, 1.165) is 22.9 Å². The van der Waals surface area contributed by atoms with E-state index in [1.807, 2.05) is 49.4 Å². The summed E-state index contributed by atoms with van der Waals surface area (Å²) in [7, 11) is -3.37. The maximum absolute atomic E-state index is 11.9. The van der Waals surface area contributed by atoms with Crippen molar-refractivity contribution in [1.29, 1.82) is 0 Å². The molecule has 0 heterocycles. The highest BCUT2D eigenvalue weighted by Gasteiger charge is 2.22. The normalized spacial score (nSPS) is 12.7. The van der Waals surface area contributed by atoms with Crippen LogP contribution in [0.1, 0.15) is 18.1 Å². The molecule has 0 saturated heterocycles. The van der Waals surface area contributed by atoms with Crippen LogP contribution in [0.5, 0.6) is 0 Å². The van der Waals surface area contributed by atoms with Crippen LogP contribution >= 0.6 is 0 Å². The van der Waals surface area contributed by atoms with Crippen molar-refractivity contribution in [3.63, 3.8) is 0 Å². The van der Waals surface area contributed by atoms with Crippen LogP contribution in [0.3, 0.4) is 0 Å².